The van der Waals surface area contributed by atoms with Crippen LogP contribution in [0.5, 0.6) is 0 Å². The number of benzene rings is 2. The Kier molecular flexibility index (Phi) is 3.15. The molecule has 4 rings (SSSR count). The minimum absolute atomic E-state index is 0.142. The first-order chi connectivity index (χ1) is 10.3. The number of halogens is 1. The van der Waals surface area contributed by atoms with Crippen molar-refractivity contribution < 1.29 is 4.39 Å². The minimum atomic E-state index is -0.142. The summed E-state index contributed by atoms with van der Waals surface area (Å²) in [6.07, 6.45) is 1.20. The second-order valence-electron chi connectivity index (χ2n) is 6.09. The zero-order valence-electron chi connectivity index (χ0n) is 12.0. The average Bonchev–Trinajstić information content (AvgIpc) is 3.08. The Balaban J connectivity index is 1.46. The Bertz CT molecular complexity index is 628. The van der Waals surface area contributed by atoms with Gasteiger partial charge in [-0.15, -0.1) is 0 Å². The normalized spacial score (nSPS) is 24.7. The second kappa shape index (κ2) is 5.15. The van der Waals surface area contributed by atoms with E-state index in [1.54, 1.807) is 12.1 Å². The van der Waals surface area contributed by atoms with E-state index in [-0.39, 0.29) is 5.82 Å². The summed E-state index contributed by atoms with van der Waals surface area (Å²) in [4.78, 5) is 4.94. The molecule has 2 bridgehead atoms. The lowest BCUT2D eigenvalue weighted by atomic mass is 10.2. The van der Waals surface area contributed by atoms with Crippen LogP contribution in [-0.4, -0.2) is 30.1 Å². The number of rotatable bonds is 3. The van der Waals surface area contributed by atoms with Crippen LogP contribution in [-0.2, 0) is 6.54 Å². The fourth-order valence-electron chi connectivity index (χ4n) is 3.73. The van der Waals surface area contributed by atoms with Gasteiger partial charge in [-0.05, 0) is 30.2 Å². The van der Waals surface area contributed by atoms with Crippen LogP contribution in [0.4, 0.5) is 10.1 Å². The van der Waals surface area contributed by atoms with Crippen LogP contribution >= 0.6 is 0 Å². The van der Waals surface area contributed by atoms with Gasteiger partial charge >= 0.3 is 0 Å². The SMILES string of the molecule is Fc1cccc(N2C[C@@H]3C[C@H]2CN3Cc2ccccc2)c1. The van der Waals surface area contributed by atoms with Gasteiger partial charge in [-0.2, -0.15) is 0 Å². The van der Waals surface area contributed by atoms with Crippen LogP contribution in [0.1, 0.15) is 12.0 Å². The fourth-order valence-corrected chi connectivity index (χ4v) is 3.73. The molecule has 0 unspecified atom stereocenters. The van der Waals surface area contributed by atoms with Crippen LogP contribution in [0.2, 0.25) is 0 Å². The van der Waals surface area contributed by atoms with E-state index in [9.17, 15) is 4.39 Å². The van der Waals surface area contributed by atoms with E-state index in [2.05, 4.69) is 40.1 Å². The molecule has 3 heteroatoms. The number of hydrogen-bond acceptors (Lipinski definition) is 2. The molecule has 108 valence electrons. The van der Waals surface area contributed by atoms with Crippen molar-refractivity contribution in [1.29, 1.82) is 0 Å². The highest BCUT2D eigenvalue weighted by Gasteiger charge is 2.43. The molecule has 21 heavy (non-hydrogen) atoms. The summed E-state index contributed by atoms with van der Waals surface area (Å²) in [6, 6.07) is 18.8. The van der Waals surface area contributed by atoms with E-state index >= 15 is 0 Å². The van der Waals surface area contributed by atoms with E-state index in [0.717, 1.165) is 25.3 Å². The lowest BCUT2D eigenvalue weighted by molar-refractivity contribution is 0.230. The van der Waals surface area contributed by atoms with E-state index in [4.69, 9.17) is 0 Å². The largest absolute Gasteiger partial charge is 0.366 e. The van der Waals surface area contributed by atoms with Crippen LogP contribution in [0.15, 0.2) is 54.6 Å². The maximum absolute atomic E-state index is 13.4. The highest BCUT2D eigenvalue weighted by Crippen LogP contribution is 2.35. The predicted molar refractivity (Wildman–Crippen MR) is 82.8 cm³/mol. The first-order valence-electron chi connectivity index (χ1n) is 7.60. The van der Waals surface area contributed by atoms with Gasteiger partial charge < -0.3 is 4.90 Å². The summed E-state index contributed by atoms with van der Waals surface area (Å²) in [5, 5.41) is 0. The molecule has 2 aliphatic rings. The molecule has 2 heterocycles. The van der Waals surface area contributed by atoms with Crippen molar-refractivity contribution in [2.75, 3.05) is 18.0 Å². The molecule has 0 N–H and O–H groups in total. The molecule has 0 saturated carbocycles. The first-order valence-corrected chi connectivity index (χ1v) is 7.60. The van der Waals surface area contributed by atoms with Crippen molar-refractivity contribution in [3.63, 3.8) is 0 Å². The molecule has 0 spiro atoms. The number of nitrogens with zero attached hydrogens (tertiary/aromatic N) is 2. The molecule has 0 aliphatic carbocycles. The summed E-state index contributed by atoms with van der Waals surface area (Å²) < 4.78 is 13.4. The van der Waals surface area contributed by atoms with Gasteiger partial charge in [-0.25, -0.2) is 4.39 Å². The maximum atomic E-state index is 13.4. The third-order valence-corrected chi connectivity index (χ3v) is 4.72. The molecule has 2 aromatic carbocycles. The first kappa shape index (κ1) is 12.8. The number of piperazine rings is 1. The Hall–Kier alpha value is -1.87. The fraction of sp³-hybridized carbons (Fsp3) is 0.333. The Morgan fingerprint density at radius 3 is 2.52 bits per heavy atom. The van der Waals surface area contributed by atoms with E-state index in [1.807, 2.05) is 6.07 Å². The zero-order chi connectivity index (χ0) is 14.2. The molecule has 2 fully saturated rings. The van der Waals surface area contributed by atoms with Crippen LogP contribution in [0.25, 0.3) is 0 Å². The smallest absolute Gasteiger partial charge is 0.125 e. The van der Waals surface area contributed by atoms with Crippen molar-refractivity contribution in [3.05, 3.63) is 66.0 Å². The van der Waals surface area contributed by atoms with Gasteiger partial charge in [0.2, 0.25) is 0 Å². The summed E-state index contributed by atoms with van der Waals surface area (Å²) in [5.74, 6) is -0.142. The van der Waals surface area contributed by atoms with Crippen molar-refractivity contribution in [2.24, 2.45) is 0 Å². The van der Waals surface area contributed by atoms with Crippen LogP contribution in [0.3, 0.4) is 0 Å². The van der Waals surface area contributed by atoms with Gasteiger partial charge in [0.15, 0.2) is 0 Å². The van der Waals surface area contributed by atoms with Crippen molar-refractivity contribution in [1.82, 2.24) is 4.90 Å². The number of likely N-dealkylation sites (tertiary alicyclic amines) is 1. The molecule has 2 atom stereocenters. The third kappa shape index (κ3) is 2.42. The molecule has 0 amide bonds. The zero-order valence-corrected chi connectivity index (χ0v) is 12.0. The maximum Gasteiger partial charge on any atom is 0.125 e. The van der Waals surface area contributed by atoms with Gasteiger partial charge in [-0.1, -0.05) is 36.4 Å². The molecule has 2 aliphatic heterocycles. The van der Waals surface area contributed by atoms with Gasteiger partial charge in [0, 0.05) is 37.4 Å². The Morgan fingerprint density at radius 2 is 1.81 bits per heavy atom. The summed E-state index contributed by atoms with van der Waals surface area (Å²) in [5.41, 5.74) is 2.41. The summed E-state index contributed by atoms with van der Waals surface area (Å²) >= 11 is 0. The van der Waals surface area contributed by atoms with Gasteiger partial charge in [0.25, 0.3) is 0 Å². The third-order valence-electron chi connectivity index (χ3n) is 4.72. The lowest BCUT2D eigenvalue weighted by Gasteiger charge is -2.35. The lowest BCUT2D eigenvalue weighted by Crippen LogP contribution is -2.46. The molecule has 0 radical (unpaired) electrons. The summed E-state index contributed by atoms with van der Waals surface area (Å²) in [7, 11) is 0. The van der Waals surface area contributed by atoms with E-state index in [1.165, 1.54) is 18.1 Å². The van der Waals surface area contributed by atoms with Crippen LogP contribution < -0.4 is 4.90 Å². The molecule has 2 saturated heterocycles. The van der Waals surface area contributed by atoms with E-state index in [0.29, 0.717) is 12.1 Å². The van der Waals surface area contributed by atoms with E-state index < -0.39 is 0 Å². The van der Waals surface area contributed by atoms with Gasteiger partial charge in [0.1, 0.15) is 5.82 Å². The topological polar surface area (TPSA) is 6.48 Å². The monoisotopic (exact) mass is 282 g/mol. The Morgan fingerprint density at radius 1 is 0.952 bits per heavy atom. The van der Waals surface area contributed by atoms with Crippen LogP contribution in [0, 0.1) is 5.82 Å². The molecular weight excluding hydrogens is 263 g/mol. The van der Waals surface area contributed by atoms with Crippen molar-refractivity contribution >= 4 is 5.69 Å². The molecule has 2 nitrogen and oxygen atoms in total. The van der Waals surface area contributed by atoms with Crippen molar-refractivity contribution in [2.45, 2.75) is 25.0 Å². The predicted octanol–water partition coefficient (Wildman–Crippen LogP) is 3.29. The highest BCUT2D eigenvalue weighted by atomic mass is 19.1. The molecule has 0 aromatic heterocycles. The average molecular weight is 282 g/mol. The quantitative estimate of drug-likeness (QED) is 0.852. The molecule has 2 aromatic rings. The summed E-state index contributed by atoms with van der Waals surface area (Å²) in [6.45, 7) is 3.12. The standard InChI is InChI=1S/C18H19FN2/c19-15-7-4-8-16(9-15)21-13-17-10-18(21)12-20(17)11-14-5-2-1-3-6-14/h1-9,17-18H,10-13H2/t17-,18-/m0/s1. The van der Waals surface area contributed by atoms with Gasteiger partial charge in [0.05, 0.1) is 0 Å². The number of anilines is 1. The highest BCUT2D eigenvalue weighted by molar-refractivity contribution is 5.50. The molecular formula is C18H19FN2. The number of hydrogen-bond donors (Lipinski definition) is 0. The van der Waals surface area contributed by atoms with Gasteiger partial charge in [-0.3, -0.25) is 4.90 Å². The Labute approximate surface area is 124 Å². The second-order valence-corrected chi connectivity index (χ2v) is 6.09. The van der Waals surface area contributed by atoms with Crippen molar-refractivity contribution in [3.8, 4) is 0 Å². The minimum Gasteiger partial charge on any atom is -0.366 e. The number of fused-ring (bicyclic) bond motifs is 2.